The van der Waals surface area contributed by atoms with Gasteiger partial charge in [-0.3, -0.25) is 24.2 Å². The first-order valence-corrected chi connectivity index (χ1v) is 11.6. The maximum absolute atomic E-state index is 13.0. The summed E-state index contributed by atoms with van der Waals surface area (Å²) in [5, 5.41) is 35.2. The van der Waals surface area contributed by atoms with Crippen LogP contribution in [0.2, 0.25) is 0 Å². The molecule has 0 saturated heterocycles. The summed E-state index contributed by atoms with van der Waals surface area (Å²) in [5.74, 6) is -5.54. The zero-order valence-electron chi connectivity index (χ0n) is 20.8. The third-order valence-electron chi connectivity index (χ3n) is 5.23. The number of nitrogens with zero attached hydrogens (tertiary/aromatic N) is 2. The van der Waals surface area contributed by atoms with Gasteiger partial charge in [0.15, 0.2) is 5.96 Å². The van der Waals surface area contributed by atoms with E-state index in [2.05, 4.69) is 30.9 Å². The minimum Gasteiger partial charge on any atom is -0.481 e. The highest BCUT2D eigenvalue weighted by Crippen LogP contribution is 2.05. The molecule has 17 nitrogen and oxygen atoms in total. The second kappa shape index (κ2) is 15.8. The molecule has 0 bridgehead atoms. The maximum atomic E-state index is 13.0. The number of H-pyrrole nitrogens is 1. The molecule has 38 heavy (non-hydrogen) atoms. The van der Waals surface area contributed by atoms with Crippen molar-refractivity contribution in [1.82, 2.24) is 25.9 Å². The minimum absolute atomic E-state index is 0.0561. The molecule has 0 saturated carbocycles. The van der Waals surface area contributed by atoms with Gasteiger partial charge in [0.25, 0.3) is 0 Å². The number of hydrogen-bond acceptors (Lipinski definition) is 9. The first kappa shape index (κ1) is 31.8. The van der Waals surface area contributed by atoms with Gasteiger partial charge in [-0.05, 0) is 26.2 Å². The number of nitrogens with one attached hydrogen (secondary N) is 4. The van der Waals surface area contributed by atoms with Crippen LogP contribution in [0.4, 0.5) is 0 Å². The summed E-state index contributed by atoms with van der Waals surface area (Å²) in [4.78, 5) is 71.1. The second-order valence-electron chi connectivity index (χ2n) is 8.46. The second-order valence-corrected chi connectivity index (χ2v) is 8.46. The van der Waals surface area contributed by atoms with E-state index in [0.717, 1.165) is 0 Å². The van der Waals surface area contributed by atoms with E-state index in [4.69, 9.17) is 22.3 Å². The fourth-order valence-corrected chi connectivity index (χ4v) is 3.22. The van der Waals surface area contributed by atoms with E-state index in [1.807, 2.05) is 0 Å². The van der Waals surface area contributed by atoms with Crippen LogP contribution in [-0.2, 0) is 30.4 Å². The van der Waals surface area contributed by atoms with Crippen molar-refractivity contribution in [3.63, 3.8) is 0 Å². The van der Waals surface area contributed by atoms with Crippen molar-refractivity contribution in [1.29, 1.82) is 0 Å². The topological polar surface area (TPSA) is 301 Å². The van der Waals surface area contributed by atoms with Gasteiger partial charge in [-0.15, -0.1) is 0 Å². The monoisotopic (exact) mass is 541 g/mol. The number of carbonyl (C=O) groups is 5. The Kier molecular flexibility index (Phi) is 13.2. The minimum atomic E-state index is -1.54. The van der Waals surface area contributed by atoms with Gasteiger partial charge in [-0.1, -0.05) is 0 Å². The molecule has 0 fully saturated rings. The lowest BCUT2D eigenvalue weighted by molar-refractivity contribution is -0.143. The number of aliphatic carboxylic acids is 2. The van der Waals surface area contributed by atoms with Gasteiger partial charge in [0.2, 0.25) is 17.7 Å². The van der Waals surface area contributed by atoms with Crippen LogP contribution in [0, 0.1) is 0 Å². The lowest BCUT2D eigenvalue weighted by Crippen LogP contribution is -2.60. The quantitative estimate of drug-likeness (QED) is 0.0514. The number of amides is 3. The molecule has 1 heterocycles. The molecule has 1 aromatic heterocycles. The van der Waals surface area contributed by atoms with E-state index < -0.39 is 72.8 Å². The number of aromatic amines is 1. The molecular formula is C21H35N9O8. The molecule has 1 aromatic rings. The predicted octanol–water partition coefficient (Wildman–Crippen LogP) is -3.88. The van der Waals surface area contributed by atoms with Crippen LogP contribution in [0.15, 0.2) is 17.5 Å². The maximum Gasteiger partial charge on any atom is 0.326 e. The van der Waals surface area contributed by atoms with Gasteiger partial charge in [-0.2, -0.15) is 0 Å². The number of aromatic nitrogens is 2. The van der Waals surface area contributed by atoms with Gasteiger partial charge in [0.1, 0.15) is 18.1 Å². The number of guanidine groups is 1. The Morgan fingerprint density at radius 3 is 2.21 bits per heavy atom. The lowest BCUT2D eigenvalue weighted by Gasteiger charge is -2.26. The molecular weight excluding hydrogens is 506 g/mol. The molecule has 0 aliphatic carbocycles. The molecule has 17 heteroatoms. The van der Waals surface area contributed by atoms with Crippen molar-refractivity contribution < 1.29 is 39.3 Å². The van der Waals surface area contributed by atoms with E-state index in [9.17, 15) is 34.2 Å². The third-order valence-corrected chi connectivity index (χ3v) is 5.23. The van der Waals surface area contributed by atoms with Crippen LogP contribution >= 0.6 is 0 Å². The number of aliphatic hydroxyl groups excluding tert-OH is 1. The van der Waals surface area contributed by atoms with Gasteiger partial charge in [0.05, 0.1) is 18.5 Å². The lowest BCUT2D eigenvalue weighted by atomic mass is 10.1. The summed E-state index contributed by atoms with van der Waals surface area (Å²) in [6, 6.07) is -5.47. The van der Waals surface area contributed by atoms with Gasteiger partial charge in [0, 0.05) is 31.3 Å². The number of hydrogen-bond donors (Lipinski definition) is 10. The van der Waals surface area contributed by atoms with E-state index in [0.29, 0.717) is 5.69 Å². The predicted molar refractivity (Wildman–Crippen MR) is 132 cm³/mol. The molecule has 0 aliphatic heterocycles. The average molecular weight is 542 g/mol. The summed E-state index contributed by atoms with van der Waals surface area (Å²) in [6.45, 7) is 1.33. The number of carbonyl (C=O) groups excluding carboxylic acids is 3. The first-order chi connectivity index (χ1) is 17.8. The Bertz CT molecular complexity index is 979. The Balaban J connectivity index is 2.97. The summed E-state index contributed by atoms with van der Waals surface area (Å²) < 4.78 is 0. The summed E-state index contributed by atoms with van der Waals surface area (Å²) in [5.41, 5.74) is 17.0. The fraction of sp³-hybridized carbons (Fsp3) is 0.571. The molecule has 0 spiro atoms. The smallest absolute Gasteiger partial charge is 0.326 e. The SMILES string of the molecule is CC(O)C(NC(=O)C(N)Cc1cnc[nH]1)C(=O)NC(CCCN=C(N)N)C(=O)NC(CCC(=O)O)C(=O)O. The molecule has 0 aliphatic rings. The van der Waals surface area contributed by atoms with Crippen LogP contribution < -0.4 is 33.2 Å². The van der Waals surface area contributed by atoms with Crippen LogP contribution in [0.5, 0.6) is 0 Å². The standard InChI is InChI=1S/C21H35N9O8/c1-10(31)16(30-17(34)12(22)7-11-8-25-9-27-11)19(36)28-13(3-2-6-26-21(23)24)18(35)29-14(20(37)38)4-5-15(32)33/h8-10,12-14,16,31H,2-7,22H2,1H3,(H,25,27)(H,28,36)(H,29,35)(H,30,34)(H,32,33)(H,37,38)(H4,23,24,26). The Hall–Kier alpha value is -4.25. The van der Waals surface area contributed by atoms with Crippen LogP contribution in [0.25, 0.3) is 0 Å². The van der Waals surface area contributed by atoms with E-state index in [1.165, 1.54) is 19.4 Å². The normalized spacial score (nSPS) is 14.7. The van der Waals surface area contributed by atoms with Crippen molar-refractivity contribution in [2.45, 2.75) is 69.3 Å². The molecule has 0 radical (unpaired) electrons. The zero-order valence-corrected chi connectivity index (χ0v) is 20.8. The van der Waals surface area contributed by atoms with Crippen LogP contribution in [0.3, 0.4) is 0 Å². The number of carboxylic acids is 2. The summed E-state index contributed by atoms with van der Waals surface area (Å²) in [6.07, 6.45) is 0.760. The summed E-state index contributed by atoms with van der Waals surface area (Å²) >= 11 is 0. The number of rotatable bonds is 17. The molecule has 13 N–H and O–H groups in total. The first-order valence-electron chi connectivity index (χ1n) is 11.6. The highest BCUT2D eigenvalue weighted by Gasteiger charge is 2.32. The summed E-state index contributed by atoms with van der Waals surface area (Å²) in [7, 11) is 0. The van der Waals surface area contributed by atoms with Crippen molar-refractivity contribution in [3.05, 3.63) is 18.2 Å². The van der Waals surface area contributed by atoms with Crippen molar-refractivity contribution in [2.24, 2.45) is 22.2 Å². The number of imidazole rings is 1. The number of aliphatic hydroxyl groups is 1. The highest BCUT2D eigenvalue weighted by molar-refractivity contribution is 5.94. The van der Waals surface area contributed by atoms with Crippen molar-refractivity contribution in [3.8, 4) is 0 Å². The Labute approximate surface area is 217 Å². The van der Waals surface area contributed by atoms with Crippen LogP contribution in [-0.4, -0.2) is 97.7 Å². The van der Waals surface area contributed by atoms with Crippen molar-refractivity contribution >= 4 is 35.6 Å². The molecule has 5 atom stereocenters. The average Bonchev–Trinajstić information content (AvgIpc) is 3.33. The van der Waals surface area contributed by atoms with Gasteiger partial charge < -0.3 is 53.5 Å². The number of aliphatic imine (C=N–C) groups is 1. The van der Waals surface area contributed by atoms with E-state index >= 15 is 0 Å². The van der Waals surface area contributed by atoms with E-state index in [-0.39, 0.29) is 31.8 Å². The molecule has 0 aromatic carbocycles. The third kappa shape index (κ3) is 11.7. The van der Waals surface area contributed by atoms with E-state index in [1.54, 1.807) is 0 Å². The molecule has 3 amide bonds. The number of nitrogens with two attached hydrogens (primary N) is 3. The number of carboxylic acid groups (broad SMARTS) is 2. The molecule has 212 valence electrons. The van der Waals surface area contributed by atoms with Crippen molar-refractivity contribution in [2.75, 3.05) is 6.54 Å². The Morgan fingerprint density at radius 1 is 1.03 bits per heavy atom. The molecule has 5 unspecified atom stereocenters. The Morgan fingerprint density at radius 2 is 1.68 bits per heavy atom. The van der Waals surface area contributed by atoms with Crippen LogP contribution in [0.1, 0.15) is 38.3 Å². The fourth-order valence-electron chi connectivity index (χ4n) is 3.22. The highest BCUT2D eigenvalue weighted by atomic mass is 16.4. The largest absolute Gasteiger partial charge is 0.481 e. The van der Waals surface area contributed by atoms with Gasteiger partial charge >= 0.3 is 11.9 Å². The zero-order chi connectivity index (χ0) is 28.8. The molecule has 1 rings (SSSR count). The van der Waals surface area contributed by atoms with Gasteiger partial charge in [-0.25, -0.2) is 9.78 Å².